The number of hydrogen-bond donors (Lipinski definition) is 0. The highest BCUT2D eigenvalue weighted by atomic mass is 35.5. The van der Waals surface area contributed by atoms with Crippen LogP contribution in [-0.4, -0.2) is 37.9 Å². The summed E-state index contributed by atoms with van der Waals surface area (Å²) in [7, 11) is 1.54. The Labute approximate surface area is 161 Å². The fourth-order valence-electron chi connectivity index (χ4n) is 2.87. The van der Waals surface area contributed by atoms with E-state index in [1.165, 1.54) is 12.0 Å². The van der Waals surface area contributed by atoms with Crippen molar-refractivity contribution in [1.29, 1.82) is 0 Å². The van der Waals surface area contributed by atoms with Crippen molar-refractivity contribution >= 4 is 34.9 Å². The van der Waals surface area contributed by atoms with Crippen molar-refractivity contribution in [3.8, 4) is 5.75 Å². The number of nitrogens with zero attached hydrogens (tertiary/aromatic N) is 1. The highest BCUT2D eigenvalue weighted by molar-refractivity contribution is 6.31. The SMILES string of the molecule is COc1ccc(C(=O)COC(=O)C2CC(=O)N(c3cccc(Cl)c3)C2)cc1. The molecule has 0 aromatic heterocycles. The van der Waals surface area contributed by atoms with Crippen molar-refractivity contribution in [3.05, 3.63) is 59.1 Å². The van der Waals surface area contributed by atoms with E-state index in [9.17, 15) is 14.4 Å². The lowest BCUT2D eigenvalue weighted by Crippen LogP contribution is -2.27. The first-order chi connectivity index (χ1) is 13.0. The van der Waals surface area contributed by atoms with Gasteiger partial charge in [-0.2, -0.15) is 0 Å². The maximum absolute atomic E-state index is 12.3. The standard InChI is InChI=1S/C20H18ClNO5/c1-26-17-7-5-13(6-8-17)18(23)12-27-20(25)14-9-19(24)22(11-14)16-4-2-3-15(21)10-16/h2-8,10,14H,9,11-12H2,1H3. The summed E-state index contributed by atoms with van der Waals surface area (Å²) in [5.74, 6) is -1.04. The van der Waals surface area contributed by atoms with Crippen molar-refractivity contribution in [1.82, 2.24) is 0 Å². The van der Waals surface area contributed by atoms with E-state index < -0.39 is 11.9 Å². The predicted molar refractivity (Wildman–Crippen MR) is 100 cm³/mol. The molecule has 1 amide bonds. The fraction of sp³-hybridized carbons (Fsp3) is 0.250. The molecule has 27 heavy (non-hydrogen) atoms. The number of halogens is 1. The lowest BCUT2D eigenvalue weighted by molar-refractivity contribution is -0.147. The van der Waals surface area contributed by atoms with Gasteiger partial charge in [0.2, 0.25) is 5.91 Å². The Bertz CT molecular complexity index is 865. The lowest BCUT2D eigenvalue weighted by Gasteiger charge is -2.16. The summed E-state index contributed by atoms with van der Waals surface area (Å²) in [4.78, 5) is 38.1. The number of ether oxygens (including phenoxy) is 2. The second-order valence-electron chi connectivity index (χ2n) is 6.14. The van der Waals surface area contributed by atoms with Crippen LogP contribution < -0.4 is 9.64 Å². The number of esters is 1. The molecule has 1 saturated heterocycles. The molecule has 0 bridgehead atoms. The van der Waals surface area contributed by atoms with Gasteiger partial charge in [-0.05, 0) is 42.5 Å². The normalized spacial score (nSPS) is 16.3. The largest absolute Gasteiger partial charge is 0.497 e. The Kier molecular flexibility index (Phi) is 5.76. The van der Waals surface area contributed by atoms with E-state index in [1.54, 1.807) is 48.5 Å². The second kappa shape index (κ2) is 8.22. The van der Waals surface area contributed by atoms with Crippen LogP contribution in [0.1, 0.15) is 16.8 Å². The molecule has 0 N–H and O–H groups in total. The molecule has 7 heteroatoms. The molecule has 0 spiro atoms. The van der Waals surface area contributed by atoms with Crippen LogP contribution in [0.2, 0.25) is 5.02 Å². The van der Waals surface area contributed by atoms with E-state index in [4.69, 9.17) is 21.1 Å². The fourth-order valence-corrected chi connectivity index (χ4v) is 3.06. The minimum atomic E-state index is -0.611. The number of hydrogen-bond acceptors (Lipinski definition) is 5. The third kappa shape index (κ3) is 4.46. The van der Waals surface area contributed by atoms with Crippen molar-refractivity contribution in [2.75, 3.05) is 25.2 Å². The van der Waals surface area contributed by atoms with E-state index in [2.05, 4.69) is 0 Å². The van der Waals surface area contributed by atoms with Crippen molar-refractivity contribution in [3.63, 3.8) is 0 Å². The average Bonchev–Trinajstić information content (AvgIpc) is 3.07. The van der Waals surface area contributed by atoms with Gasteiger partial charge in [-0.1, -0.05) is 17.7 Å². The quantitative estimate of drug-likeness (QED) is 0.562. The molecule has 0 radical (unpaired) electrons. The molecule has 1 atom stereocenters. The summed E-state index contributed by atoms with van der Waals surface area (Å²) in [5.41, 5.74) is 1.06. The first-order valence-corrected chi connectivity index (χ1v) is 8.75. The van der Waals surface area contributed by atoms with Gasteiger partial charge in [-0.25, -0.2) is 0 Å². The van der Waals surface area contributed by atoms with Crippen molar-refractivity contribution < 1.29 is 23.9 Å². The molecule has 1 fully saturated rings. The molecule has 6 nitrogen and oxygen atoms in total. The molecular weight excluding hydrogens is 370 g/mol. The van der Waals surface area contributed by atoms with Crippen molar-refractivity contribution in [2.24, 2.45) is 5.92 Å². The van der Waals surface area contributed by atoms with Gasteiger partial charge in [-0.15, -0.1) is 0 Å². The Hall–Kier alpha value is -2.86. The van der Waals surface area contributed by atoms with Crippen LogP contribution in [0.25, 0.3) is 0 Å². The van der Waals surface area contributed by atoms with Gasteiger partial charge in [0.1, 0.15) is 5.75 Å². The minimum Gasteiger partial charge on any atom is -0.497 e. The number of anilines is 1. The van der Waals surface area contributed by atoms with E-state index in [0.717, 1.165) is 0 Å². The summed E-state index contributed by atoms with van der Waals surface area (Å²) in [5, 5.41) is 0.511. The average molecular weight is 388 g/mol. The molecular formula is C20H18ClNO5. The molecule has 0 aliphatic carbocycles. The number of carbonyl (C=O) groups excluding carboxylic acids is 3. The molecule has 1 heterocycles. The predicted octanol–water partition coefficient (Wildman–Crippen LogP) is 3.13. The van der Waals surface area contributed by atoms with Crippen molar-refractivity contribution in [2.45, 2.75) is 6.42 Å². The monoisotopic (exact) mass is 387 g/mol. The Morgan fingerprint density at radius 2 is 1.93 bits per heavy atom. The van der Waals surface area contributed by atoms with Gasteiger partial charge in [0, 0.05) is 29.2 Å². The number of amides is 1. The molecule has 3 rings (SSSR count). The van der Waals surface area contributed by atoms with E-state index in [0.29, 0.717) is 22.0 Å². The molecule has 2 aromatic carbocycles. The van der Waals surface area contributed by atoms with Gasteiger partial charge in [0.15, 0.2) is 12.4 Å². The van der Waals surface area contributed by atoms with Crippen LogP contribution in [0, 0.1) is 5.92 Å². The number of methoxy groups -OCH3 is 1. The summed E-state index contributed by atoms with van der Waals surface area (Å²) < 4.78 is 10.2. The van der Waals surface area contributed by atoms with Crippen LogP contribution in [0.4, 0.5) is 5.69 Å². The molecule has 2 aromatic rings. The van der Waals surface area contributed by atoms with Gasteiger partial charge >= 0.3 is 5.97 Å². The minimum absolute atomic E-state index is 0.0437. The Morgan fingerprint density at radius 3 is 2.59 bits per heavy atom. The zero-order chi connectivity index (χ0) is 19.4. The van der Waals surface area contributed by atoms with Crippen LogP contribution in [0.15, 0.2) is 48.5 Å². The molecule has 1 aliphatic rings. The Morgan fingerprint density at radius 1 is 1.19 bits per heavy atom. The highest BCUT2D eigenvalue weighted by Gasteiger charge is 2.36. The molecule has 0 saturated carbocycles. The van der Waals surface area contributed by atoms with Gasteiger partial charge in [0.05, 0.1) is 13.0 Å². The van der Waals surface area contributed by atoms with E-state index in [-0.39, 0.29) is 31.3 Å². The van der Waals surface area contributed by atoms with Gasteiger partial charge < -0.3 is 14.4 Å². The summed E-state index contributed by atoms with van der Waals surface area (Å²) in [6.45, 7) is -0.165. The first kappa shape index (κ1) is 18.9. The first-order valence-electron chi connectivity index (χ1n) is 8.37. The summed E-state index contributed by atoms with van der Waals surface area (Å²) in [6.07, 6.45) is 0.0437. The maximum atomic E-state index is 12.3. The van der Waals surface area contributed by atoms with E-state index in [1.807, 2.05) is 0 Å². The molecule has 1 unspecified atom stereocenters. The third-order valence-electron chi connectivity index (χ3n) is 4.34. The topological polar surface area (TPSA) is 72.9 Å². The maximum Gasteiger partial charge on any atom is 0.311 e. The Balaban J connectivity index is 1.56. The number of rotatable bonds is 6. The van der Waals surface area contributed by atoms with Crippen LogP contribution in [-0.2, 0) is 14.3 Å². The highest BCUT2D eigenvalue weighted by Crippen LogP contribution is 2.27. The molecule has 1 aliphatic heterocycles. The molecule has 140 valence electrons. The van der Waals surface area contributed by atoms with Crippen LogP contribution >= 0.6 is 11.6 Å². The summed E-state index contributed by atoms with van der Waals surface area (Å²) in [6, 6.07) is 13.4. The van der Waals surface area contributed by atoms with E-state index >= 15 is 0 Å². The number of Topliss-reactive ketones (excluding diaryl/α,β-unsaturated/α-hetero) is 1. The van der Waals surface area contributed by atoms with Gasteiger partial charge in [0.25, 0.3) is 0 Å². The number of benzene rings is 2. The van der Waals surface area contributed by atoms with Crippen LogP contribution in [0.5, 0.6) is 5.75 Å². The third-order valence-corrected chi connectivity index (χ3v) is 4.57. The second-order valence-corrected chi connectivity index (χ2v) is 6.58. The van der Waals surface area contributed by atoms with Gasteiger partial charge in [-0.3, -0.25) is 14.4 Å². The zero-order valence-corrected chi connectivity index (χ0v) is 15.4. The lowest BCUT2D eigenvalue weighted by atomic mass is 10.1. The number of carbonyl (C=O) groups is 3. The zero-order valence-electron chi connectivity index (χ0n) is 14.7. The summed E-state index contributed by atoms with van der Waals surface area (Å²) >= 11 is 5.96. The number of ketones is 1. The van der Waals surface area contributed by atoms with Crippen LogP contribution in [0.3, 0.4) is 0 Å². The smallest absolute Gasteiger partial charge is 0.311 e.